The molecule has 20 heavy (non-hydrogen) atoms. The van der Waals surface area contributed by atoms with Crippen LogP contribution >= 0.6 is 39.1 Å². The predicted molar refractivity (Wildman–Crippen MR) is 86.4 cm³/mol. The maximum Gasteiger partial charge on any atom is 0.133 e. The second-order valence-electron chi connectivity index (χ2n) is 4.15. The Balaban J connectivity index is 2.50. The van der Waals surface area contributed by atoms with Crippen LogP contribution in [-0.4, -0.2) is 14.2 Å². The zero-order chi connectivity index (χ0) is 14.7. The molecule has 106 valence electrons. The van der Waals surface area contributed by atoms with Crippen LogP contribution in [0.15, 0.2) is 40.9 Å². The fraction of sp³-hybridized carbons (Fsp3) is 0.200. The topological polar surface area (TPSA) is 18.5 Å². The smallest absolute Gasteiger partial charge is 0.133 e. The fourth-order valence-electron chi connectivity index (χ4n) is 1.93. The van der Waals surface area contributed by atoms with Crippen LogP contribution in [0.5, 0.6) is 11.5 Å². The van der Waals surface area contributed by atoms with Crippen LogP contribution in [0.3, 0.4) is 0 Å². The Bertz CT molecular complexity index is 617. The number of benzene rings is 2. The summed E-state index contributed by atoms with van der Waals surface area (Å²) in [6, 6.07) is 11.2. The third-order valence-electron chi connectivity index (χ3n) is 2.92. The number of halogens is 3. The van der Waals surface area contributed by atoms with E-state index in [4.69, 9.17) is 32.7 Å². The molecule has 0 radical (unpaired) electrons. The molecule has 0 aromatic heterocycles. The highest BCUT2D eigenvalue weighted by Crippen LogP contribution is 2.41. The molecule has 0 aliphatic heterocycles. The minimum atomic E-state index is -0.370. The molecule has 2 aromatic rings. The molecule has 0 N–H and O–H groups in total. The fourth-order valence-corrected chi connectivity index (χ4v) is 2.92. The van der Waals surface area contributed by atoms with Gasteiger partial charge in [0, 0.05) is 10.6 Å². The second kappa shape index (κ2) is 6.70. The Morgan fingerprint density at radius 1 is 1.05 bits per heavy atom. The molecule has 0 saturated heterocycles. The number of rotatable bonds is 4. The van der Waals surface area contributed by atoms with Gasteiger partial charge in [-0.1, -0.05) is 23.7 Å². The maximum absolute atomic E-state index is 6.56. The van der Waals surface area contributed by atoms with E-state index in [1.807, 2.05) is 36.4 Å². The summed E-state index contributed by atoms with van der Waals surface area (Å²) < 4.78 is 11.5. The van der Waals surface area contributed by atoms with Gasteiger partial charge in [-0.25, -0.2) is 0 Å². The second-order valence-corrected chi connectivity index (χ2v) is 5.87. The van der Waals surface area contributed by atoms with Gasteiger partial charge < -0.3 is 9.47 Å². The van der Waals surface area contributed by atoms with Crippen molar-refractivity contribution < 1.29 is 9.47 Å². The molecular formula is C15H13BrCl2O2. The van der Waals surface area contributed by atoms with E-state index < -0.39 is 0 Å². The third-order valence-corrected chi connectivity index (χ3v) is 4.26. The lowest BCUT2D eigenvalue weighted by molar-refractivity contribution is 0.397. The van der Waals surface area contributed by atoms with Gasteiger partial charge in [0.15, 0.2) is 0 Å². The summed E-state index contributed by atoms with van der Waals surface area (Å²) in [7, 11) is 3.22. The van der Waals surface area contributed by atoms with Crippen molar-refractivity contribution in [1.82, 2.24) is 0 Å². The summed E-state index contributed by atoms with van der Waals surface area (Å²) in [6.45, 7) is 0. The minimum Gasteiger partial charge on any atom is -0.496 e. The van der Waals surface area contributed by atoms with E-state index in [1.165, 1.54) is 0 Å². The summed E-state index contributed by atoms with van der Waals surface area (Å²) in [6.07, 6.45) is 0. The molecule has 0 bridgehead atoms. The van der Waals surface area contributed by atoms with Gasteiger partial charge in [0.1, 0.15) is 11.5 Å². The molecule has 0 heterocycles. The Morgan fingerprint density at radius 3 is 2.35 bits per heavy atom. The monoisotopic (exact) mass is 374 g/mol. The summed E-state index contributed by atoms with van der Waals surface area (Å²) in [4.78, 5) is 0. The van der Waals surface area contributed by atoms with Crippen molar-refractivity contribution in [2.45, 2.75) is 5.38 Å². The first-order valence-corrected chi connectivity index (χ1v) is 7.48. The van der Waals surface area contributed by atoms with Gasteiger partial charge in [-0.3, -0.25) is 0 Å². The molecule has 1 atom stereocenters. The van der Waals surface area contributed by atoms with Crippen molar-refractivity contribution in [3.05, 3.63) is 57.0 Å². The van der Waals surface area contributed by atoms with Gasteiger partial charge in [-0.15, -0.1) is 11.6 Å². The van der Waals surface area contributed by atoms with Crippen LogP contribution in [0, 0.1) is 0 Å². The number of hydrogen-bond acceptors (Lipinski definition) is 2. The van der Waals surface area contributed by atoms with Gasteiger partial charge in [0.25, 0.3) is 0 Å². The van der Waals surface area contributed by atoms with Crippen LogP contribution in [0.1, 0.15) is 16.5 Å². The highest BCUT2D eigenvalue weighted by molar-refractivity contribution is 9.10. The summed E-state index contributed by atoms with van der Waals surface area (Å²) in [5.41, 5.74) is 1.73. The Morgan fingerprint density at radius 2 is 1.75 bits per heavy atom. The first-order chi connectivity index (χ1) is 9.56. The lowest BCUT2D eigenvalue weighted by atomic mass is 10.0. The quantitative estimate of drug-likeness (QED) is 0.661. The maximum atomic E-state index is 6.56. The van der Waals surface area contributed by atoms with E-state index in [0.717, 1.165) is 15.6 Å². The molecule has 0 amide bonds. The van der Waals surface area contributed by atoms with Gasteiger partial charge >= 0.3 is 0 Å². The van der Waals surface area contributed by atoms with Crippen LogP contribution < -0.4 is 9.47 Å². The van der Waals surface area contributed by atoms with Crippen LogP contribution in [0.4, 0.5) is 0 Å². The van der Waals surface area contributed by atoms with E-state index in [1.54, 1.807) is 14.2 Å². The standard InChI is InChI=1S/C15H13BrCl2O2/c1-19-13-8-12(16)14(20-2)7-11(13)15(18)9-4-3-5-10(17)6-9/h3-8,15H,1-2H3. The molecule has 5 heteroatoms. The van der Waals surface area contributed by atoms with Crippen molar-refractivity contribution in [3.63, 3.8) is 0 Å². The van der Waals surface area contributed by atoms with E-state index in [2.05, 4.69) is 15.9 Å². The van der Waals surface area contributed by atoms with Gasteiger partial charge in [-0.2, -0.15) is 0 Å². The average Bonchev–Trinajstić information content (AvgIpc) is 2.46. The highest BCUT2D eigenvalue weighted by Gasteiger charge is 2.18. The minimum absolute atomic E-state index is 0.370. The molecule has 0 saturated carbocycles. The largest absolute Gasteiger partial charge is 0.496 e. The van der Waals surface area contributed by atoms with Crippen molar-refractivity contribution >= 4 is 39.1 Å². The average molecular weight is 376 g/mol. The zero-order valence-corrected chi connectivity index (χ0v) is 14.1. The Hall–Kier alpha value is -0.900. The van der Waals surface area contributed by atoms with E-state index in [0.29, 0.717) is 16.5 Å². The van der Waals surface area contributed by atoms with E-state index in [-0.39, 0.29) is 5.38 Å². The number of hydrogen-bond donors (Lipinski definition) is 0. The van der Waals surface area contributed by atoms with Crippen molar-refractivity contribution in [2.24, 2.45) is 0 Å². The Labute approximate surface area is 136 Å². The summed E-state index contributed by atoms with van der Waals surface area (Å²) >= 11 is 16.0. The lowest BCUT2D eigenvalue weighted by Gasteiger charge is -2.17. The number of ether oxygens (including phenoxy) is 2. The number of methoxy groups -OCH3 is 2. The van der Waals surface area contributed by atoms with Crippen molar-refractivity contribution in [2.75, 3.05) is 14.2 Å². The van der Waals surface area contributed by atoms with Crippen LogP contribution in [0.25, 0.3) is 0 Å². The molecule has 0 fully saturated rings. The molecule has 1 unspecified atom stereocenters. The van der Waals surface area contributed by atoms with Crippen LogP contribution in [0.2, 0.25) is 5.02 Å². The molecule has 2 rings (SSSR count). The molecule has 0 aliphatic rings. The summed E-state index contributed by atoms with van der Waals surface area (Å²) in [5, 5.41) is 0.279. The third kappa shape index (κ3) is 3.22. The predicted octanol–water partition coefficient (Wildman–Crippen LogP) is 5.45. The zero-order valence-electron chi connectivity index (χ0n) is 11.0. The molecule has 2 aromatic carbocycles. The van der Waals surface area contributed by atoms with Crippen molar-refractivity contribution in [1.29, 1.82) is 0 Å². The molecule has 2 nitrogen and oxygen atoms in total. The van der Waals surface area contributed by atoms with E-state index in [9.17, 15) is 0 Å². The molecule has 0 spiro atoms. The van der Waals surface area contributed by atoms with Crippen LogP contribution in [-0.2, 0) is 0 Å². The lowest BCUT2D eigenvalue weighted by Crippen LogP contribution is -1.99. The number of alkyl halides is 1. The van der Waals surface area contributed by atoms with Gasteiger partial charge in [0.2, 0.25) is 0 Å². The normalized spacial score (nSPS) is 12.1. The molecular weight excluding hydrogens is 363 g/mol. The first kappa shape index (κ1) is 15.5. The first-order valence-electron chi connectivity index (χ1n) is 5.87. The van der Waals surface area contributed by atoms with Gasteiger partial charge in [-0.05, 0) is 45.8 Å². The highest BCUT2D eigenvalue weighted by atomic mass is 79.9. The van der Waals surface area contributed by atoms with Crippen molar-refractivity contribution in [3.8, 4) is 11.5 Å². The molecule has 0 aliphatic carbocycles. The SMILES string of the molecule is COc1cc(C(Cl)c2cccc(Cl)c2)c(OC)cc1Br. The van der Waals surface area contributed by atoms with Gasteiger partial charge in [0.05, 0.1) is 24.1 Å². The van der Waals surface area contributed by atoms with E-state index >= 15 is 0 Å². The Kier molecular flexibility index (Phi) is 5.19. The summed E-state index contributed by atoms with van der Waals surface area (Å²) in [5.74, 6) is 1.39.